The Kier molecular flexibility index (Phi) is 5.17. The number of hydrogen-bond acceptors (Lipinski definition) is 5. The van der Waals surface area contributed by atoms with Gasteiger partial charge in [0.05, 0.1) is 25.9 Å². The molecule has 0 bridgehead atoms. The van der Waals surface area contributed by atoms with E-state index in [4.69, 9.17) is 9.47 Å². The highest BCUT2D eigenvalue weighted by molar-refractivity contribution is 5.92. The van der Waals surface area contributed by atoms with E-state index in [1.54, 1.807) is 10.7 Å². The second-order valence-corrected chi connectivity index (χ2v) is 6.58. The standard InChI is InChI=1S/C19H24N4O3/c24-19(16-13-18-23(21-16)7-4-10-26-18)20-14-17(15-5-2-1-3-6-15)22-8-11-25-12-9-22/h1-3,5-6,13,17H,4,7-12,14H2,(H,20,24). The molecule has 1 fully saturated rings. The lowest BCUT2D eigenvalue weighted by atomic mass is 10.0. The van der Waals surface area contributed by atoms with Crippen LogP contribution in [0.1, 0.15) is 28.5 Å². The van der Waals surface area contributed by atoms with Gasteiger partial charge in [-0.2, -0.15) is 5.10 Å². The number of hydrogen-bond donors (Lipinski definition) is 1. The van der Waals surface area contributed by atoms with Crippen molar-refractivity contribution in [2.45, 2.75) is 19.0 Å². The summed E-state index contributed by atoms with van der Waals surface area (Å²) in [4.78, 5) is 15.0. The number of amides is 1. The average molecular weight is 356 g/mol. The SMILES string of the molecule is O=C(NCC(c1ccccc1)N1CCOCC1)c1cc2n(n1)CCCO2. The minimum absolute atomic E-state index is 0.123. The number of carbonyl (C=O) groups excluding carboxylic acids is 1. The Hall–Kier alpha value is -2.38. The number of rotatable bonds is 5. The van der Waals surface area contributed by atoms with Crippen LogP contribution < -0.4 is 10.1 Å². The van der Waals surface area contributed by atoms with Crippen molar-refractivity contribution in [3.63, 3.8) is 0 Å². The van der Waals surface area contributed by atoms with Crippen molar-refractivity contribution in [2.24, 2.45) is 0 Å². The molecule has 1 atom stereocenters. The molecule has 1 unspecified atom stereocenters. The molecule has 0 aliphatic carbocycles. The van der Waals surface area contributed by atoms with Gasteiger partial charge in [-0.3, -0.25) is 9.69 Å². The molecule has 2 aliphatic heterocycles. The average Bonchev–Trinajstić information content (AvgIpc) is 3.14. The first-order chi connectivity index (χ1) is 12.8. The fraction of sp³-hybridized carbons (Fsp3) is 0.474. The smallest absolute Gasteiger partial charge is 0.271 e. The fourth-order valence-corrected chi connectivity index (χ4v) is 3.48. The first-order valence-electron chi connectivity index (χ1n) is 9.17. The Morgan fingerprint density at radius 1 is 1.15 bits per heavy atom. The van der Waals surface area contributed by atoms with E-state index in [1.807, 2.05) is 18.2 Å². The van der Waals surface area contributed by atoms with Crippen molar-refractivity contribution in [3.05, 3.63) is 47.7 Å². The van der Waals surface area contributed by atoms with Crippen molar-refractivity contribution in [3.8, 4) is 5.88 Å². The van der Waals surface area contributed by atoms with E-state index < -0.39 is 0 Å². The van der Waals surface area contributed by atoms with Gasteiger partial charge in [-0.15, -0.1) is 0 Å². The first kappa shape index (κ1) is 17.1. The summed E-state index contributed by atoms with van der Waals surface area (Å²) in [6.45, 7) is 5.18. The Balaban J connectivity index is 1.45. The molecule has 0 spiro atoms. The number of morpholine rings is 1. The third kappa shape index (κ3) is 3.73. The second kappa shape index (κ2) is 7.88. The molecule has 7 heteroatoms. The number of benzene rings is 1. The number of aryl methyl sites for hydroxylation is 1. The molecule has 7 nitrogen and oxygen atoms in total. The van der Waals surface area contributed by atoms with Crippen LogP contribution in [0.25, 0.3) is 0 Å². The molecule has 1 amide bonds. The van der Waals surface area contributed by atoms with Crippen molar-refractivity contribution in [1.82, 2.24) is 20.0 Å². The second-order valence-electron chi connectivity index (χ2n) is 6.58. The zero-order valence-electron chi connectivity index (χ0n) is 14.8. The van der Waals surface area contributed by atoms with Gasteiger partial charge in [0.2, 0.25) is 5.88 Å². The van der Waals surface area contributed by atoms with E-state index >= 15 is 0 Å². The van der Waals surface area contributed by atoms with Crippen molar-refractivity contribution < 1.29 is 14.3 Å². The van der Waals surface area contributed by atoms with Crippen LogP contribution in [0.5, 0.6) is 5.88 Å². The third-order valence-electron chi connectivity index (χ3n) is 4.87. The van der Waals surface area contributed by atoms with Gasteiger partial charge in [0.1, 0.15) is 0 Å². The summed E-state index contributed by atoms with van der Waals surface area (Å²) in [5.74, 6) is 0.513. The van der Waals surface area contributed by atoms with Gasteiger partial charge in [0.25, 0.3) is 5.91 Å². The van der Waals surface area contributed by atoms with E-state index in [0.29, 0.717) is 24.7 Å². The topological polar surface area (TPSA) is 68.6 Å². The quantitative estimate of drug-likeness (QED) is 0.879. The molecule has 2 aromatic rings. The lowest BCUT2D eigenvalue weighted by molar-refractivity contribution is 0.0162. The molecule has 3 heterocycles. The largest absolute Gasteiger partial charge is 0.478 e. The summed E-state index contributed by atoms with van der Waals surface area (Å²) in [6.07, 6.45) is 0.919. The summed E-state index contributed by atoms with van der Waals surface area (Å²) in [5, 5.41) is 7.41. The monoisotopic (exact) mass is 356 g/mol. The maximum Gasteiger partial charge on any atom is 0.271 e. The number of ether oxygens (including phenoxy) is 2. The van der Waals surface area contributed by atoms with E-state index in [2.05, 4.69) is 27.4 Å². The first-order valence-corrected chi connectivity index (χ1v) is 9.17. The molecule has 0 radical (unpaired) electrons. The number of nitrogens with one attached hydrogen (secondary N) is 1. The van der Waals surface area contributed by atoms with Gasteiger partial charge < -0.3 is 14.8 Å². The zero-order valence-corrected chi connectivity index (χ0v) is 14.8. The molecule has 0 saturated carbocycles. The Bertz CT molecular complexity index is 717. The predicted octanol–water partition coefficient (Wildman–Crippen LogP) is 1.47. The van der Waals surface area contributed by atoms with Gasteiger partial charge in [0.15, 0.2) is 5.69 Å². The van der Waals surface area contributed by atoms with Crippen LogP contribution >= 0.6 is 0 Å². The molecule has 2 aliphatic rings. The molecule has 1 saturated heterocycles. The highest BCUT2D eigenvalue weighted by atomic mass is 16.5. The molecule has 1 N–H and O–H groups in total. The fourth-order valence-electron chi connectivity index (χ4n) is 3.48. The van der Waals surface area contributed by atoms with Crippen molar-refractivity contribution >= 4 is 5.91 Å². The molecule has 4 rings (SSSR count). The summed E-state index contributed by atoms with van der Waals surface area (Å²) in [5.41, 5.74) is 1.61. The van der Waals surface area contributed by atoms with Gasteiger partial charge >= 0.3 is 0 Å². The van der Waals surface area contributed by atoms with Gasteiger partial charge in [-0.1, -0.05) is 30.3 Å². The minimum Gasteiger partial charge on any atom is -0.478 e. The van der Waals surface area contributed by atoms with E-state index in [0.717, 1.165) is 39.3 Å². The number of fused-ring (bicyclic) bond motifs is 1. The van der Waals surface area contributed by atoms with E-state index in [-0.39, 0.29) is 11.9 Å². The normalized spacial score (nSPS) is 18.6. The van der Waals surface area contributed by atoms with Crippen LogP contribution in [0.2, 0.25) is 0 Å². The van der Waals surface area contributed by atoms with Gasteiger partial charge in [-0.25, -0.2) is 4.68 Å². The zero-order chi connectivity index (χ0) is 17.8. The van der Waals surface area contributed by atoms with Gasteiger partial charge in [-0.05, 0) is 5.56 Å². The van der Waals surface area contributed by atoms with Crippen LogP contribution in [-0.4, -0.2) is 60.0 Å². The lowest BCUT2D eigenvalue weighted by Crippen LogP contribution is -2.43. The van der Waals surface area contributed by atoms with Crippen LogP contribution in [-0.2, 0) is 11.3 Å². The minimum atomic E-state index is -0.162. The van der Waals surface area contributed by atoms with Crippen molar-refractivity contribution in [2.75, 3.05) is 39.5 Å². The maximum atomic E-state index is 12.6. The highest BCUT2D eigenvalue weighted by Crippen LogP contribution is 2.22. The molecule has 1 aromatic carbocycles. The van der Waals surface area contributed by atoms with Crippen molar-refractivity contribution in [1.29, 1.82) is 0 Å². The number of nitrogens with zero attached hydrogens (tertiary/aromatic N) is 3. The van der Waals surface area contributed by atoms with Crippen LogP contribution in [0, 0.1) is 0 Å². The number of aromatic nitrogens is 2. The Morgan fingerprint density at radius 2 is 1.96 bits per heavy atom. The van der Waals surface area contributed by atoms with Crippen LogP contribution in [0.15, 0.2) is 36.4 Å². The Labute approximate surface area is 152 Å². The van der Waals surface area contributed by atoms with Crippen LogP contribution in [0.4, 0.5) is 0 Å². The van der Waals surface area contributed by atoms with E-state index in [1.165, 1.54) is 5.56 Å². The molecule has 26 heavy (non-hydrogen) atoms. The molecule has 1 aromatic heterocycles. The molecular weight excluding hydrogens is 332 g/mol. The lowest BCUT2D eigenvalue weighted by Gasteiger charge is -2.34. The molecular formula is C19H24N4O3. The predicted molar refractivity (Wildman–Crippen MR) is 96.2 cm³/mol. The van der Waals surface area contributed by atoms with E-state index in [9.17, 15) is 4.79 Å². The molecule has 138 valence electrons. The Morgan fingerprint density at radius 3 is 2.73 bits per heavy atom. The number of carbonyl (C=O) groups is 1. The summed E-state index contributed by atoms with van der Waals surface area (Å²) in [6, 6.07) is 12.1. The summed E-state index contributed by atoms with van der Waals surface area (Å²) < 4.78 is 12.8. The highest BCUT2D eigenvalue weighted by Gasteiger charge is 2.24. The summed E-state index contributed by atoms with van der Waals surface area (Å²) >= 11 is 0. The summed E-state index contributed by atoms with van der Waals surface area (Å²) in [7, 11) is 0. The maximum absolute atomic E-state index is 12.6. The third-order valence-corrected chi connectivity index (χ3v) is 4.87. The van der Waals surface area contributed by atoms with Gasteiger partial charge in [0, 0.05) is 38.7 Å². The van der Waals surface area contributed by atoms with Crippen LogP contribution in [0.3, 0.4) is 0 Å².